The van der Waals surface area contributed by atoms with E-state index in [1.165, 1.54) is 37.0 Å². The molecule has 1 saturated carbocycles. The Balaban J connectivity index is 1.76. The van der Waals surface area contributed by atoms with Gasteiger partial charge in [0.2, 0.25) is 5.91 Å². The fraction of sp³-hybridized carbons (Fsp3) is 0.450. The van der Waals surface area contributed by atoms with Gasteiger partial charge in [-0.25, -0.2) is 0 Å². The molecule has 0 N–H and O–H groups in total. The Labute approximate surface area is 148 Å². The minimum atomic E-state index is 0.237. The normalized spacial score (nSPS) is 15.2. The number of hydrogen-bond acceptors (Lipinski definition) is 3. The standard InChI is InChI=1S/C20H25NO2S/c1-23-18-11-9-17(10-12-18)21(15-19-8-5-13-24-19)20(22)14-16-6-3-2-4-7-16/h5,8-13,16H,2-4,6-7,14-15H2,1H3. The molecule has 1 amide bonds. The highest BCUT2D eigenvalue weighted by Gasteiger charge is 2.22. The first-order chi connectivity index (χ1) is 11.8. The smallest absolute Gasteiger partial charge is 0.227 e. The number of anilines is 1. The molecule has 0 bridgehead atoms. The van der Waals surface area contributed by atoms with Gasteiger partial charge in [0, 0.05) is 17.0 Å². The summed E-state index contributed by atoms with van der Waals surface area (Å²) in [5.41, 5.74) is 0.949. The maximum Gasteiger partial charge on any atom is 0.227 e. The zero-order valence-corrected chi connectivity index (χ0v) is 15.1. The van der Waals surface area contributed by atoms with Crippen LogP contribution < -0.4 is 9.64 Å². The quantitative estimate of drug-likeness (QED) is 0.716. The van der Waals surface area contributed by atoms with Gasteiger partial charge in [-0.3, -0.25) is 4.79 Å². The maximum atomic E-state index is 13.0. The summed E-state index contributed by atoms with van der Waals surface area (Å²) in [6, 6.07) is 11.9. The van der Waals surface area contributed by atoms with E-state index in [1.807, 2.05) is 35.2 Å². The van der Waals surface area contributed by atoms with Crippen molar-refractivity contribution in [2.75, 3.05) is 12.0 Å². The first-order valence-corrected chi connectivity index (χ1v) is 9.61. The zero-order valence-electron chi connectivity index (χ0n) is 14.2. The molecule has 0 unspecified atom stereocenters. The highest BCUT2D eigenvalue weighted by Crippen LogP contribution is 2.29. The molecule has 4 heteroatoms. The van der Waals surface area contributed by atoms with Crippen LogP contribution in [0.25, 0.3) is 0 Å². The van der Waals surface area contributed by atoms with Crippen molar-refractivity contribution >= 4 is 22.9 Å². The number of methoxy groups -OCH3 is 1. The topological polar surface area (TPSA) is 29.5 Å². The van der Waals surface area contributed by atoms with Crippen LogP contribution in [0, 0.1) is 5.92 Å². The second-order valence-corrected chi connectivity index (χ2v) is 7.50. The number of nitrogens with zero attached hydrogens (tertiary/aromatic N) is 1. The predicted molar refractivity (Wildman–Crippen MR) is 99.7 cm³/mol. The van der Waals surface area contributed by atoms with Crippen LogP contribution in [-0.4, -0.2) is 13.0 Å². The van der Waals surface area contributed by atoms with E-state index < -0.39 is 0 Å². The largest absolute Gasteiger partial charge is 0.497 e. The van der Waals surface area contributed by atoms with Gasteiger partial charge in [0.1, 0.15) is 5.75 Å². The lowest BCUT2D eigenvalue weighted by Crippen LogP contribution is -2.32. The van der Waals surface area contributed by atoms with E-state index in [1.54, 1.807) is 18.4 Å². The van der Waals surface area contributed by atoms with Crippen molar-refractivity contribution in [2.24, 2.45) is 5.92 Å². The van der Waals surface area contributed by atoms with Crippen LogP contribution in [0.2, 0.25) is 0 Å². The van der Waals surface area contributed by atoms with Crippen LogP contribution in [-0.2, 0) is 11.3 Å². The lowest BCUT2D eigenvalue weighted by atomic mass is 9.86. The van der Waals surface area contributed by atoms with E-state index in [4.69, 9.17) is 4.74 Å². The minimum Gasteiger partial charge on any atom is -0.497 e. The summed E-state index contributed by atoms with van der Waals surface area (Å²) in [5, 5.41) is 2.06. The van der Waals surface area contributed by atoms with Gasteiger partial charge in [0.25, 0.3) is 0 Å². The van der Waals surface area contributed by atoms with Gasteiger partial charge in [0.05, 0.1) is 13.7 Å². The second-order valence-electron chi connectivity index (χ2n) is 6.47. The van der Waals surface area contributed by atoms with Crippen LogP contribution in [0.1, 0.15) is 43.4 Å². The van der Waals surface area contributed by atoms with E-state index >= 15 is 0 Å². The highest BCUT2D eigenvalue weighted by atomic mass is 32.1. The van der Waals surface area contributed by atoms with E-state index in [0.717, 1.165) is 11.4 Å². The molecule has 0 spiro atoms. The van der Waals surface area contributed by atoms with Crippen LogP contribution in [0.3, 0.4) is 0 Å². The summed E-state index contributed by atoms with van der Waals surface area (Å²) >= 11 is 1.70. The molecule has 128 valence electrons. The molecular weight excluding hydrogens is 318 g/mol. The van der Waals surface area contributed by atoms with Crippen LogP contribution in [0.15, 0.2) is 41.8 Å². The zero-order chi connectivity index (χ0) is 16.8. The molecule has 1 aromatic carbocycles. The first-order valence-electron chi connectivity index (χ1n) is 8.73. The van der Waals surface area contributed by atoms with E-state index in [9.17, 15) is 4.79 Å². The highest BCUT2D eigenvalue weighted by molar-refractivity contribution is 7.09. The van der Waals surface area contributed by atoms with Crippen LogP contribution in [0.4, 0.5) is 5.69 Å². The number of carbonyl (C=O) groups excluding carboxylic acids is 1. The third-order valence-electron chi connectivity index (χ3n) is 4.77. The summed E-state index contributed by atoms with van der Waals surface area (Å²) in [7, 11) is 1.66. The van der Waals surface area contributed by atoms with Crippen LogP contribution in [0.5, 0.6) is 5.75 Å². The summed E-state index contributed by atoms with van der Waals surface area (Å²) < 4.78 is 5.24. The Morgan fingerprint density at radius 2 is 1.92 bits per heavy atom. The summed E-state index contributed by atoms with van der Waals surface area (Å²) in [6.07, 6.45) is 6.92. The molecular formula is C20H25NO2S. The predicted octanol–water partition coefficient (Wildman–Crippen LogP) is 5.26. The fourth-order valence-corrected chi connectivity index (χ4v) is 4.09. The first kappa shape index (κ1) is 17.0. The van der Waals surface area contributed by atoms with Crippen molar-refractivity contribution in [3.63, 3.8) is 0 Å². The molecule has 3 nitrogen and oxygen atoms in total. The summed E-state index contributed by atoms with van der Waals surface area (Å²) in [6.45, 7) is 0.648. The lowest BCUT2D eigenvalue weighted by Gasteiger charge is -2.27. The average molecular weight is 343 g/mol. The fourth-order valence-electron chi connectivity index (χ4n) is 3.39. The van der Waals surface area contributed by atoms with Gasteiger partial charge in [-0.15, -0.1) is 11.3 Å². The molecule has 3 rings (SSSR count). The molecule has 0 saturated heterocycles. The number of amides is 1. The number of thiophene rings is 1. The van der Waals surface area contributed by atoms with Gasteiger partial charge >= 0.3 is 0 Å². The molecule has 1 aromatic heterocycles. The molecule has 0 atom stereocenters. The van der Waals surface area contributed by atoms with Gasteiger partial charge < -0.3 is 9.64 Å². The Bertz CT molecular complexity index is 630. The van der Waals surface area contributed by atoms with Crippen LogP contribution >= 0.6 is 11.3 Å². The van der Waals surface area contributed by atoms with Crippen molar-refractivity contribution < 1.29 is 9.53 Å². The molecule has 1 aliphatic rings. The third-order valence-corrected chi connectivity index (χ3v) is 5.63. The second kappa shape index (κ2) is 8.34. The van der Waals surface area contributed by atoms with Crippen molar-refractivity contribution in [3.05, 3.63) is 46.7 Å². The maximum absolute atomic E-state index is 13.0. The van der Waals surface area contributed by atoms with E-state index in [-0.39, 0.29) is 5.91 Å². The summed E-state index contributed by atoms with van der Waals surface area (Å²) in [4.78, 5) is 16.1. The molecule has 1 aliphatic carbocycles. The number of hydrogen-bond donors (Lipinski definition) is 0. The van der Waals surface area contributed by atoms with E-state index in [2.05, 4.69) is 11.4 Å². The molecule has 0 aliphatic heterocycles. The lowest BCUT2D eigenvalue weighted by molar-refractivity contribution is -0.119. The van der Waals surface area contributed by atoms with Crippen molar-refractivity contribution in [1.82, 2.24) is 0 Å². The van der Waals surface area contributed by atoms with Gasteiger partial charge in [-0.2, -0.15) is 0 Å². The Morgan fingerprint density at radius 1 is 1.17 bits per heavy atom. The third kappa shape index (κ3) is 4.38. The Hall–Kier alpha value is -1.81. The molecule has 1 heterocycles. The SMILES string of the molecule is COc1ccc(N(Cc2cccs2)C(=O)CC2CCCCC2)cc1. The number of benzene rings is 1. The molecule has 1 fully saturated rings. The number of ether oxygens (including phenoxy) is 1. The number of carbonyl (C=O) groups is 1. The molecule has 24 heavy (non-hydrogen) atoms. The van der Waals surface area contributed by atoms with Gasteiger partial charge in [0.15, 0.2) is 0 Å². The van der Waals surface area contributed by atoms with Crippen molar-refractivity contribution in [3.8, 4) is 5.75 Å². The summed E-state index contributed by atoms with van der Waals surface area (Å²) in [5.74, 6) is 1.60. The minimum absolute atomic E-state index is 0.237. The Kier molecular flexibility index (Phi) is 5.91. The van der Waals surface area contributed by atoms with Crippen molar-refractivity contribution in [1.29, 1.82) is 0 Å². The number of rotatable bonds is 6. The molecule has 2 aromatic rings. The monoisotopic (exact) mass is 343 g/mol. The van der Waals surface area contributed by atoms with Gasteiger partial charge in [-0.05, 0) is 54.5 Å². The van der Waals surface area contributed by atoms with Gasteiger partial charge in [-0.1, -0.05) is 25.3 Å². The molecule has 0 radical (unpaired) electrons. The Morgan fingerprint density at radius 3 is 2.54 bits per heavy atom. The average Bonchev–Trinajstić information content (AvgIpc) is 3.14. The van der Waals surface area contributed by atoms with E-state index in [0.29, 0.717) is 18.9 Å². The van der Waals surface area contributed by atoms with Crippen molar-refractivity contribution in [2.45, 2.75) is 45.1 Å².